The predicted molar refractivity (Wildman–Crippen MR) is 108 cm³/mol. The monoisotopic (exact) mass is 364 g/mol. The fraction of sp³-hybridized carbons (Fsp3) is 0.273. The third-order valence-electron chi connectivity index (χ3n) is 4.49. The van der Waals surface area contributed by atoms with Gasteiger partial charge in [-0.3, -0.25) is 4.79 Å². The highest BCUT2D eigenvalue weighted by molar-refractivity contribution is 5.92. The van der Waals surface area contributed by atoms with Crippen molar-refractivity contribution in [2.24, 2.45) is 5.92 Å². The molecule has 1 heterocycles. The Morgan fingerprint density at radius 3 is 2.48 bits per heavy atom. The Bertz CT molecular complexity index is 993. The SMILES string of the molecule is CC(=O)Nc1ccc2c(CNC(c3ccccc3)C(C)C)cc(=O)oc2c1. The van der Waals surface area contributed by atoms with Gasteiger partial charge in [-0.15, -0.1) is 0 Å². The summed E-state index contributed by atoms with van der Waals surface area (Å²) < 4.78 is 5.33. The van der Waals surface area contributed by atoms with E-state index in [0.717, 1.165) is 10.9 Å². The van der Waals surface area contributed by atoms with Gasteiger partial charge in [-0.2, -0.15) is 0 Å². The predicted octanol–water partition coefficient (Wildman–Crippen LogP) is 4.24. The zero-order valence-corrected chi connectivity index (χ0v) is 15.8. The number of fused-ring (bicyclic) bond motifs is 1. The maximum Gasteiger partial charge on any atom is 0.336 e. The summed E-state index contributed by atoms with van der Waals surface area (Å²) in [6, 6.07) is 17.3. The van der Waals surface area contributed by atoms with Gasteiger partial charge in [0.1, 0.15) is 5.58 Å². The molecule has 0 bridgehead atoms. The van der Waals surface area contributed by atoms with Crippen molar-refractivity contribution >= 4 is 22.6 Å². The van der Waals surface area contributed by atoms with E-state index < -0.39 is 5.63 Å². The van der Waals surface area contributed by atoms with E-state index >= 15 is 0 Å². The number of nitrogens with one attached hydrogen (secondary N) is 2. The largest absolute Gasteiger partial charge is 0.423 e. The average Bonchev–Trinajstić information content (AvgIpc) is 2.61. The number of carbonyl (C=O) groups is 1. The Balaban J connectivity index is 1.89. The Morgan fingerprint density at radius 2 is 1.81 bits per heavy atom. The third kappa shape index (κ3) is 4.63. The fourth-order valence-electron chi connectivity index (χ4n) is 3.28. The van der Waals surface area contributed by atoms with E-state index in [1.54, 1.807) is 6.07 Å². The molecule has 0 aliphatic rings. The van der Waals surface area contributed by atoms with Gasteiger partial charge in [0.2, 0.25) is 5.91 Å². The van der Waals surface area contributed by atoms with E-state index in [0.29, 0.717) is 23.7 Å². The molecule has 5 heteroatoms. The number of hydrogen-bond acceptors (Lipinski definition) is 4. The van der Waals surface area contributed by atoms with Crippen LogP contribution in [0.5, 0.6) is 0 Å². The van der Waals surface area contributed by atoms with E-state index in [1.807, 2.05) is 30.3 Å². The van der Waals surface area contributed by atoms with E-state index in [4.69, 9.17) is 4.42 Å². The average molecular weight is 364 g/mol. The van der Waals surface area contributed by atoms with Crippen LogP contribution < -0.4 is 16.3 Å². The molecule has 0 radical (unpaired) electrons. The number of benzene rings is 2. The Labute approximate surface area is 158 Å². The molecule has 2 N–H and O–H groups in total. The summed E-state index contributed by atoms with van der Waals surface area (Å²) in [7, 11) is 0. The second-order valence-corrected chi connectivity index (χ2v) is 7.00. The summed E-state index contributed by atoms with van der Waals surface area (Å²) in [5, 5.41) is 7.13. The first-order valence-electron chi connectivity index (χ1n) is 9.07. The molecule has 5 nitrogen and oxygen atoms in total. The van der Waals surface area contributed by atoms with Crippen molar-refractivity contribution in [2.45, 2.75) is 33.4 Å². The summed E-state index contributed by atoms with van der Waals surface area (Å²) >= 11 is 0. The molecular formula is C22H24N2O3. The Morgan fingerprint density at radius 1 is 1.07 bits per heavy atom. The lowest BCUT2D eigenvalue weighted by Gasteiger charge is -2.23. The number of rotatable bonds is 6. The normalized spacial score (nSPS) is 12.3. The van der Waals surface area contributed by atoms with Gasteiger partial charge in [0.05, 0.1) is 0 Å². The van der Waals surface area contributed by atoms with Crippen molar-refractivity contribution < 1.29 is 9.21 Å². The molecule has 140 valence electrons. The van der Waals surface area contributed by atoms with Crippen molar-refractivity contribution in [3.05, 3.63) is 76.1 Å². The van der Waals surface area contributed by atoms with Crippen molar-refractivity contribution in [2.75, 3.05) is 5.32 Å². The minimum Gasteiger partial charge on any atom is -0.423 e. The number of anilines is 1. The first-order chi connectivity index (χ1) is 12.9. The minimum atomic E-state index is -0.403. The molecule has 3 aromatic rings. The van der Waals surface area contributed by atoms with Crippen LogP contribution in [-0.4, -0.2) is 5.91 Å². The Kier molecular flexibility index (Phi) is 5.72. The highest BCUT2D eigenvalue weighted by Gasteiger charge is 2.16. The summed E-state index contributed by atoms with van der Waals surface area (Å²) in [6.45, 7) is 6.32. The van der Waals surface area contributed by atoms with Crippen molar-refractivity contribution in [1.82, 2.24) is 5.32 Å². The molecule has 0 saturated carbocycles. The summed E-state index contributed by atoms with van der Waals surface area (Å²) in [4.78, 5) is 23.3. The minimum absolute atomic E-state index is 0.169. The van der Waals surface area contributed by atoms with Crippen molar-refractivity contribution in [3.8, 4) is 0 Å². The first-order valence-corrected chi connectivity index (χ1v) is 9.07. The van der Waals surface area contributed by atoms with Crippen LogP contribution in [0.3, 0.4) is 0 Å². The van der Waals surface area contributed by atoms with Crippen molar-refractivity contribution in [1.29, 1.82) is 0 Å². The highest BCUT2D eigenvalue weighted by Crippen LogP contribution is 2.25. The molecule has 27 heavy (non-hydrogen) atoms. The van der Waals surface area contributed by atoms with Crippen LogP contribution in [-0.2, 0) is 11.3 Å². The molecule has 0 aliphatic carbocycles. The molecule has 2 aromatic carbocycles. The molecule has 3 rings (SSSR count). The molecule has 1 amide bonds. The molecule has 1 aromatic heterocycles. The lowest BCUT2D eigenvalue weighted by atomic mass is 9.95. The summed E-state index contributed by atoms with van der Waals surface area (Å²) in [6.07, 6.45) is 0. The molecule has 0 saturated heterocycles. The van der Waals surface area contributed by atoms with Gasteiger partial charge in [0, 0.05) is 42.7 Å². The van der Waals surface area contributed by atoms with Crippen LogP contribution in [0.2, 0.25) is 0 Å². The maximum absolute atomic E-state index is 12.0. The lowest BCUT2D eigenvalue weighted by Crippen LogP contribution is -2.25. The van der Waals surface area contributed by atoms with Gasteiger partial charge in [0.25, 0.3) is 0 Å². The van der Waals surface area contributed by atoms with Crippen LogP contribution in [0.15, 0.2) is 63.8 Å². The van der Waals surface area contributed by atoms with Crippen molar-refractivity contribution in [3.63, 3.8) is 0 Å². The first kappa shape index (κ1) is 18.9. The number of amides is 1. The molecule has 1 atom stereocenters. The van der Waals surface area contributed by atoms with Gasteiger partial charge < -0.3 is 15.1 Å². The van der Waals surface area contributed by atoms with Gasteiger partial charge >= 0.3 is 5.63 Å². The van der Waals surface area contributed by atoms with Crippen LogP contribution in [0.4, 0.5) is 5.69 Å². The lowest BCUT2D eigenvalue weighted by molar-refractivity contribution is -0.114. The molecule has 0 spiro atoms. The molecule has 0 aliphatic heterocycles. The van der Waals surface area contributed by atoms with Crippen LogP contribution in [0, 0.1) is 5.92 Å². The van der Waals surface area contributed by atoms with Crippen LogP contribution in [0.1, 0.15) is 37.9 Å². The second-order valence-electron chi connectivity index (χ2n) is 7.00. The van der Waals surface area contributed by atoms with E-state index in [9.17, 15) is 9.59 Å². The topological polar surface area (TPSA) is 71.3 Å². The molecule has 1 unspecified atom stereocenters. The third-order valence-corrected chi connectivity index (χ3v) is 4.49. The quantitative estimate of drug-likeness (QED) is 0.642. The smallest absolute Gasteiger partial charge is 0.336 e. The zero-order chi connectivity index (χ0) is 19.4. The number of hydrogen-bond donors (Lipinski definition) is 2. The fourth-order valence-corrected chi connectivity index (χ4v) is 3.28. The second kappa shape index (κ2) is 8.18. The van der Waals surface area contributed by atoms with Gasteiger partial charge in [-0.25, -0.2) is 4.79 Å². The standard InChI is InChI=1S/C22H24N2O3/c1-14(2)22(16-7-5-4-6-8-16)23-13-17-11-21(26)27-20-12-18(24-15(3)25)9-10-19(17)20/h4-12,14,22-23H,13H2,1-3H3,(H,24,25). The summed E-state index contributed by atoms with van der Waals surface area (Å²) in [5.74, 6) is 0.224. The van der Waals surface area contributed by atoms with Gasteiger partial charge in [-0.05, 0) is 29.2 Å². The van der Waals surface area contributed by atoms with Gasteiger partial charge in [-0.1, -0.05) is 44.2 Å². The van der Waals surface area contributed by atoms with Crippen LogP contribution in [0.25, 0.3) is 11.0 Å². The van der Waals surface area contributed by atoms with Crippen LogP contribution >= 0.6 is 0 Å². The summed E-state index contributed by atoms with van der Waals surface area (Å²) in [5.41, 5.74) is 2.75. The van der Waals surface area contributed by atoms with E-state index in [1.165, 1.54) is 18.6 Å². The van der Waals surface area contributed by atoms with E-state index in [2.05, 4.69) is 36.6 Å². The Hall–Kier alpha value is -2.92. The zero-order valence-electron chi connectivity index (χ0n) is 15.8. The molecular weight excluding hydrogens is 340 g/mol. The van der Waals surface area contributed by atoms with Gasteiger partial charge in [0.15, 0.2) is 0 Å². The maximum atomic E-state index is 12.0. The molecule has 0 fully saturated rings. The van der Waals surface area contributed by atoms with E-state index in [-0.39, 0.29) is 11.9 Å². The number of carbonyl (C=O) groups excluding carboxylic acids is 1. The highest BCUT2D eigenvalue weighted by atomic mass is 16.4.